The van der Waals surface area contributed by atoms with Crippen molar-refractivity contribution in [1.29, 1.82) is 0 Å². The van der Waals surface area contributed by atoms with E-state index in [4.69, 9.17) is 4.74 Å². The average molecular weight is 329 g/mol. The lowest BCUT2D eigenvalue weighted by atomic mass is 9.81. The van der Waals surface area contributed by atoms with Gasteiger partial charge in [0.05, 0.1) is 25.0 Å². The lowest BCUT2D eigenvalue weighted by molar-refractivity contribution is -0.145. The van der Waals surface area contributed by atoms with Gasteiger partial charge in [-0.3, -0.25) is 14.6 Å². The number of amides is 2. The van der Waals surface area contributed by atoms with E-state index < -0.39 is 0 Å². The van der Waals surface area contributed by atoms with Gasteiger partial charge in [0.2, 0.25) is 11.8 Å². The second-order valence-corrected chi connectivity index (χ2v) is 6.17. The molecule has 0 saturated carbocycles. The number of hydrogen-bond donors (Lipinski definition) is 1. The van der Waals surface area contributed by atoms with Crippen LogP contribution in [0.4, 0.5) is 0 Å². The quantitative estimate of drug-likeness (QED) is 0.841. The Balaban J connectivity index is 1.62. The van der Waals surface area contributed by atoms with Crippen LogP contribution >= 0.6 is 0 Å². The molecule has 1 aliphatic carbocycles. The Hall–Kier alpha value is -2.21. The van der Waals surface area contributed by atoms with E-state index in [1.54, 1.807) is 12.4 Å². The van der Waals surface area contributed by atoms with Gasteiger partial charge in [0, 0.05) is 32.0 Å². The van der Waals surface area contributed by atoms with E-state index in [1.807, 2.05) is 29.2 Å². The monoisotopic (exact) mass is 329 g/mol. The van der Waals surface area contributed by atoms with Gasteiger partial charge in [-0.1, -0.05) is 18.2 Å². The zero-order chi connectivity index (χ0) is 16.8. The highest BCUT2D eigenvalue weighted by Crippen LogP contribution is 2.28. The lowest BCUT2D eigenvalue weighted by Gasteiger charge is -2.34. The normalized spacial score (nSPS) is 23.8. The molecule has 24 heavy (non-hydrogen) atoms. The van der Waals surface area contributed by atoms with Crippen LogP contribution in [0.2, 0.25) is 0 Å². The molecule has 0 bridgehead atoms. The summed E-state index contributed by atoms with van der Waals surface area (Å²) in [6.07, 6.45) is 8.68. The van der Waals surface area contributed by atoms with Crippen molar-refractivity contribution in [2.75, 3.05) is 26.3 Å². The summed E-state index contributed by atoms with van der Waals surface area (Å²) in [5.74, 6) is -0.567. The van der Waals surface area contributed by atoms with Crippen molar-refractivity contribution in [2.45, 2.75) is 19.4 Å². The molecule has 0 aromatic carbocycles. The molecular weight excluding hydrogens is 306 g/mol. The molecule has 0 spiro atoms. The molecule has 1 saturated heterocycles. The lowest BCUT2D eigenvalue weighted by Crippen LogP contribution is -2.48. The van der Waals surface area contributed by atoms with Crippen LogP contribution in [-0.2, 0) is 20.9 Å². The number of aromatic nitrogens is 1. The van der Waals surface area contributed by atoms with Gasteiger partial charge in [0.1, 0.15) is 0 Å². The minimum atomic E-state index is -0.304. The molecule has 1 aliphatic heterocycles. The van der Waals surface area contributed by atoms with Crippen LogP contribution in [0.15, 0.2) is 36.7 Å². The fraction of sp³-hybridized carbons (Fsp3) is 0.500. The van der Waals surface area contributed by atoms with Gasteiger partial charge >= 0.3 is 0 Å². The summed E-state index contributed by atoms with van der Waals surface area (Å²) in [6.45, 7) is 2.82. The standard InChI is InChI=1S/C18H23N3O3/c22-17(20-13-14-4-3-7-19-12-14)15-5-1-2-6-16(15)18(23)21-8-10-24-11-9-21/h1-4,7,12,15-16H,5-6,8-11,13H2,(H,20,22). The number of carbonyl (C=O) groups is 2. The highest BCUT2D eigenvalue weighted by Gasteiger charge is 2.36. The molecule has 1 N–H and O–H groups in total. The topological polar surface area (TPSA) is 71.5 Å². The summed E-state index contributed by atoms with van der Waals surface area (Å²) in [5.41, 5.74) is 0.952. The smallest absolute Gasteiger partial charge is 0.226 e. The Labute approximate surface area is 141 Å². The van der Waals surface area contributed by atoms with Crippen molar-refractivity contribution in [3.8, 4) is 0 Å². The predicted molar refractivity (Wildman–Crippen MR) is 88.8 cm³/mol. The van der Waals surface area contributed by atoms with E-state index in [-0.39, 0.29) is 23.7 Å². The van der Waals surface area contributed by atoms with Crippen LogP contribution in [0.1, 0.15) is 18.4 Å². The molecule has 1 fully saturated rings. The van der Waals surface area contributed by atoms with E-state index in [1.165, 1.54) is 0 Å². The van der Waals surface area contributed by atoms with E-state index in [0.717, 1.165) is 5.56 Å². The van der Waals surface area contributed by atoms with Gasteiger partial charge in [0.15, 0.2) is 0 Å². The van der Waals surface area contributed by atoms with E-state index >= 15 is 0 Å². The minimum absolute atomic E-state index is 0.0604. The minimum Gasteiger partial charge on any atom is -0.378 e. The Morgan fingerprint density at radius 3 is 2.67 bits per heavy atom. The number of nitrogens with zero attached hydrogens (tertiary/aromatic N) is 2. The molecule has 6 nitrogen and oxygen atoms in total. The Kier molecular flexibility index (Phi) is 5.59. The largest absolute Gasteiger partial charge is 0.378 e. The predicted octanol–water partition coefficient (Wildman–Crippen LogP) is 1.14. The number of allylic oxidation sites excluding steroid dienone is 2. The molecule has 1 aromatic heterocycles. The average Bonchev–Trinajstić information content (AvgIpc) is 2.67. The molecule has 1 aromatic rings. The fourth-order valence-corrected chi connectivity index (χ4v) is 3.22. The van der Waals surface area contributed by atoms with E-state index in [0.29, 0.717) is 45.7 Å². The molecule has 2 heterocycles. The number of hydrogen-bond acceptors (Lipinski definition) is 4. The van der Waals surface area contributed by atoms with Crippen LogP contribution in [0.5, 0.6) is 0 Å². The van der Waals surface area contributed by atoms with Crippen LogP contribution < -0.4 is 5.32 Å². The zero-order valence-electron chi connectivity index (χ0n) is 13.7. The molecule has 2 amide bonds. The van der Waals surface area contributed by atoms with Gasteiger partial charge < -0.3 is 15.0 Å². The molecule has 128 valence electrons. The van der Waals surface area contributed by atoms with Gasteiger partial charge in [-0.25, -0.2) is 0 Å². The summed E-state index contributed by atoms with van der Waals surface area (Å²) in [4.78, 5) is 31.3. The highest BCUT2D eigenvalue weighted by molar-refractivity contribution is 5.88. The van der Waals surface area contributed by atoms with Crippen LogP contribution in [0.25, 0.3) is 0 Å². The second kappa shape index (κ2) is 8.06. The van der Waals surface area contributed by atoms with Crippen LogP contribution in [0.3, 0.4) is 0 Å². The number of rotatable bonds is 4. The van der Waals surface area contributed by atoms with Crippen molar-refractivity contribution in [1.82, 2.24) is 15.2 Å². The maximum absolute atomic E-state index is 12.8. The van der Waals surface area contributed by atoms with Gasteiger partial charge in [-0.2, -0.15) is 0 Å². The van der Waals surface area contributed by atoms with E-state index in [9.17, 15) is 9.59 Å². The van der Waals surface area contributed by atoms with Gasteiger partial charge in [-0.15, -0.1) is 0 Å². The van der Waals surface area contributed by atoms with E-state index in [2.05, 4.69) is 10.3 Å². The van der Waals surface area contributed by atoms with Gasteiger partial charge in [-0.05, 0) is 24.5 Å². The summed E-state index contributed by atoms with van der Waals surface area (Å²) >= 11 is 0. The molecule has 2 atom stereocenters. The summed E-state index contributed by atoms with van der Waals surface area (Å²) in [7, 11) is 0. The maximum atomic E-state index is 12.8. The third-order valence-electron chi connectivity index (χ3n) is 4.60. The Morgan fingerprint density at radius 1 is 1.21 bits per heavy atom. The molecule has 6 heteroatoms. The molecular formula is C18H23N3O3. The highest BCUT2D eigenvalue weighted by atomic mass is 16.5. The van der Waals surface area contributed by atoms with Crippen molar-refractivity contribution >= 4 is 11.8 Å². The first kappa shape index (κ1) is 16.6. The third kappa shape index (κ3) is 4.00. The summed E-state index contributed by atoms with van der Waals surface area (Å²) < 4.78 is 5.31. The maximum Gasteiger partial charge on any atom is 0.226 e. The van der Waals surface area contributed by atoms with Crippen molar-refractivity contribution in [2.24, 2.45) is 11.8 Å². The summed E-state index contributed by atoms with van der Waals surface area (Å²) in [6, 6.07) is 3.76. The first-order chi connectivity index (χ1) is 11.8. The zero-order valence-corrected chi connectivity index (χ0v) is 13.7. The summed E-state index contributed by atoms with van der Waals surface area (Å²) in [5, 5.41) is 2.95. The molecule has 2 unspecified atom stereocenters. The molecule has 2 aliphatic rings. The van der Waals surface area contributed by atoms with Crippen molar-refractivity contribution < 1.29 is 14.3 Å². The third-order valence-corrected chi connectivity index (χ3v) is 4.60. The number of morpholine rings is 1. The SMILES string of the molecule is O=C(NCc1cccnc1)C1CC=CCC1C(=O)N1CCOCC1. The van der Waals surface area contributed by atoms with Crippen LogP contribution in [0, 0.1) is 11.8 Å². The molecule has 0 radical (unpaired) electrons. The Morgan fingerprint density at radius 2 is 1.96 bits per heavy atom. The van der Waals surface area contributed by atoms with Gasteiger partial charge in [0.25, 0.3) is 0 Å². The van der Waals surface area contributed by atoms with Crippen LogP contribution in [-0.4, -0.2) is 48.0 Å². The first-order valence-corrected chi connectivity index (χ1v) is 8.44. The number of nitrogens with one attached hydrogen (secondary N) is 1. The van der Waals surface area contributed by atoms with Crippen molar-refractivity contribution in [3.63, 3.8) is 0 Å². The Bertz CT molecular complexity index is 597. The number of ether oxygens (including phenoxy) is 1. The molecule has 3 rings (SSSR count). The number of pyridine rings is 1. The second-order valence-electron chi connectivity index (χ2n) is 6.17. The first-order valence-electron chi connectivity index (χ1n) is 8.44. The fourth-order valence-electron chi connectivity index (χ4n) is 3.22. The van der Waals surface area contributed by atoms with Crippen molar-refractivity contribution in [3.05, 3.63) is 42.2 Å². The number of carbonyl (C=O) groups excluding carboxylic acids is 2.